The first-order chi connectivity index (χ1) is 4.75. The van der Waals surface area contributed by atoms with Gasteiger partial charge in [0.2, 0.25) is 0 Å². The molecule has 0 fully saturated rings. The largest absolute Gasteiger partial charge is 0.349 e. The van der Waals surface area contributed by atoms with Gasteiger partial charge in [-0.1, -0.05) is 18.2 Å². The molecule has 0 spiro atoms. The maximum Gasteiger partial charge on any atom is 0.177 e. The van der Waals surface area contributed by atoms with Crippen LogP contribution in [0.1, 0.15) is 11.1 Å². The van der Waals surface area contributed by atoms with E-state index in [4.69, 9.17) is 5.40 Å². The van der Waals surface area contributed by atoms with Gasteiger partial charge in [-0.15, -0.1) is 0 Å². The second-order valence-corrected chi connectivity index (χ2v) is 3.22. The SMILES string of the molecule is Cc1cccc([Si]N)c1C. The second kappa shape index (κ2) is 2.99. The summed E-state index contributed by atoms with van der Waals surface area (Å²) in [5, 5.41) is 6.83. The summed E-state index contributed by atoms with van der Waals surface area (Å²) in [6.45, 7) is 4.23. The van der Waals surface area contributed by atoms with Gasteiger partial charge in [0.15, 0.2) is 9.68 Å². The third kappa shape index (κ3) is 1.28. The smallest absolute Gasteiger partial charge is 0.177 e. The Hall–Kier alpha value is -0.603. The molecule has 0 aliphatic rings. The third-order valence-electron chi connectivity index (χ3n) is 1.76. The highest BCUT2D eigenvalue weighted by Gasteiger charge is 1.97. The van der Waals surface area contributed by atoms with Crippen molar-refractivity contribution in [3.63, 3.8) is 0 Å². The maximum absolute atomic E-state index is 5.55. The number of rotatable bonds is 1. The number of hydrogen-bond acceptors (Lipinski definition) is 1. The van der Waals surface area contributed by atoms with E-state index in [0.717, 1.165) is 0 Å². The molecule has 0 saturated carbocycles. The van der Waals surface area contributed by atoms with Gasteiger partial charge in [0.25, 0.3) is 0 Å². The number of benzene rings is 1. The lowest BCUT2D eigenvalue weighted by Gasteiger charge is -2.03. The van der Waals surface area contributed by atoms with Crippen LogP contribution in [0.4, 0.5) is 0 Å². The Morgan fingerprint density at radius 1 is 1.30 bits per heavy atom. The van der Waals surface area contributed by atoms with Crippen molar-refractivity contribution in [3.8, 4) is 0 Å². The second-order valence-electron chi connectivity index (χ2n) is 2.39. The van der Waals surface area contributed by atoms with Crippen LogP contribution in [0.5, 0.6) is 0 Å². The molecule has 1 aromatic carbocycles. The summed E-state index contributed by atoms with van der Waals surface area (Å²) in [5.74, 6) is 0. The van der Waals surface area contributed by atoms with Gasteiger partial charge >= 0.3 is 0 Å². The van der Waals surface area contributed by atoms with E-state index >= 15 is 0 Å². The molecule has 1 rings (SSSR count). The maximum atomic E-state index is 5.55. The van der Waals surface area contributed by atoms with Crippen LogP contribution >= 0.6 is 0 Å². The van der Waals surface area contributed by atoms with E-state index in [1.54, 1.807) is 0 Å². The Morgan fingerprint density at radius 2 is 2.00 bits per heavy atom. The lowest BCUT2D eigenvalue weighted by Crippen LogP contribution is -2.25. The van der Waals surface area contributed by atoms with Crippen molar-refractivity contribution < 1.29 is 0 Å². The number of aryl methyl sites for hydroxylation is 1. The van der Waals surface area contributed by atoms with Crippen LogP contribution in [0, 0.1) is 13.8 Å². The highest BCUT2D eigenvalue weighted by Crippen LogP contribution is 2.00. The van der Waals surface area contributed by atoms with E-state index in [-0.39, 0.29) is 0 Å². The zero-order chi connectivity index (χ0) is 7.56. The lowest BCUT2D eigenvalue weighted by atomic mass is 10.1. The molecule has 0 aromatic heterocycles. The predicted molar refractivity (Wildman–Crippen MR) is 45.5 cm³/mol. The van der Waals surface area contributed by atoms with Gasteiger partial charge in [-0.3, -0.25) is 0 Å². The number of hydrogen-bond donors (Lipinski definition) is 1. The molecular weight excluding hydrogens is 138 g/mol. The molecule has 1 aromatic rings. The Balaban J connectivity index is 3.14. The summed E-state index contributed by atoms with van der Waals surface area (Å²) < 4.78 is 0. The van der Waals surface area contributed by atoms with Crippen molar-refractivity contribution >= 4 is 14.9 Å². The van der Waals surface area contributed by atoms with Crippen molar-refractivity contribution in [3.05, 3.63) is 29.3 Å². The van der Waals surface area contributed by atoms with E-state index in [1.165, 1.54) is 16.3 Å². The topological polar surface area (TPSA) is 26.0 Å². The monoisotopic (exact) mass is 149 g/mol. The van der Waals surface area contributed by atoms with Gasteiger partial charge in [-0.2, -0.15) is 0 Å². The Bertz CT molecular complexity index is 233. The van der Waals surface area contributed by atoms with Gasteiger partial charge in [0, 0.05) is 0 Å². The first-order valence-electron chi connectivity index (χ1n) is 3.28. The molecule has 2 radical (unpaired) electrons. The zero-order valence-corrected chi connectivity index (χ0v) is 7.31. The molecule has 10 heavy (non-hydrogen) atoms. The van der Waals surface area contributed by atoms with E-state index in [1.807, 2.05) is 0 Å². The van der Waals surface area contributed by atoms with E-state index in [2.05, 4.69) is 32.0 Å². The first-order valence-corrected chi connectivity index (χ1v) is 4.36. The summed E-state index contributed by atoms with van der Waals surface area (Å²) in [5.41, 5.74) is 2.67. The highest BCUT2D eigenvalue weighted by molar-refractivity contribution is 6.50. The van der Waals surface area contributed by atoms with Crippen LogP contribution in [0.3, 0.4) is 0 Å². The molecule has 52 valence electrons. The molecule has 0 saturated heterocycles. The molecule has 0 unspecified atom stereocenters. The van der Waals surface area contributed by atoms with E-state index in [9.17, 15) is 0 Å². The minimum absolute atomic E-state index is 0.425. The summed E-state index contributed by atoms with van der Waals surface area (Å²) in [6, 6.07) is 6.25. The van der Waals surface area contributed by atoms with Crippen LogP contribution in [-0.2, 0) is 0 Å². The molecular formula is C8H11NSi. The van der Waals surface area contributed by atoms with E-state index < -0.39 is 0 Å². The molecule has 0 bridgehead atoms. The summed E-state index contributed by atoms with van der Waals surface area (Å²) in [6.07, 6.45) is 0. The Kier molecular flexibility index (Phi) is 2.24. The van der Waals surface area contributed by atoms with Gasteiger partial charge in [-0.25, -0.2) is 0 Å². The zero-order valence-electron chi connectivity index (χ0n) is 6.31. The van der Waals surface area contributed by atoms with Gasteiger partial charge in [0.1, 0.15) is 0 Å². The fourth-order valence-electron chi connectivity index (χ4n) is 0.907. The standard InChI is InChI=1S/C8H11NSi/c1-6-4-3-5-8(10-9)7(6)2/h3-5H,9H2,1-2H3. The molecule has 0 atom stereocenters. The Labute approximate surface area is 64.2 Å². The Morgan fingerprint density at radius 3 is 2.50 bits per heavy atom. The lowest BCUT2D eigenvalue weighted by molar-refractivity contribution is 1.36. The summed E-state index contributed by atoms with van der Waals surface area (Å²) >= 11 is 0. The van der Waals surface area contributed by atoms with Crippen molar-refractivity contribution in [1.82, 2.24) is 0 Å². The van der Waals surface area contributed by atoms with Crippen LogP contribution in [0.15, 0.2) is 18.2 Å². The molecule has 0 heterocycles. The van der Waals surface area contributed by atoms with Crippen LogP contribution in [0.2, 0.25) is 0 Å². The molecule has 0 aliphatic heterocycles. The van der Waals surface area contributed by atoms with Crippen LogP contribution in [0.25, 0.3) is 0 Å². The highest BCUT2D eigenvalue weighted by atomic mass is 28.2. The van der Waals surface area contributed by atoms with Gasteiger partial charge in [-0.05, 0) is 30.2 Å². The fourth-order valence-corrected chi connectivity index (χ4v) is 1.51. The molecule has 0 aliphatic carbocycles. The van der Waals surface area contributed by atoms with Crippen LogP contribution < -0.4 is 10.6 Å². The van der Waals surface area contributed by atoms with Gasteiger partial charge < -0.3 is 5.40 Å². The summed E-state index contributed by atoms with van der Waals surface area (Å²) in [7, 11) is 0.425. The van der Waals surface area contributed by atoms with Crippen LogP contribution in [-0.4, -0.2) is 9.68 Å². The quantitative estimate of drug-likeness (QED) is 0.578. The average molecular weight is 149 g/mol. The van der Waals surface area contributed by atoms with E-state index in [0.29, 0.717) is 9.68 Å². The first kappa shape index (κ1) is 7.50. The molecule has 2 N–H and O–H groups in total. The number of nitrogens with two attached hydrogens (primary N) is 1. The fraction of sp³-hybridized carbons (Fsp3) is 0.250. The van der Waals surface area contributed by atoms with Crippen molar-refractivity contribution in [2.45, 2.75) is 13.8 Å². The minimum Gasteiger partial charge on any atom is -0.349 e. The minimum atomic E-state index is 0.425. The van der Waals surface area contributed by atoms with Crippen molar-refractivity contribution in [1.29, 1.82) is 0 Å². The summed E-state index contributed by atoms with van der Waals surface area (Å²) in [4.78, 5) is 0. The molecule has 1 nitrogen and oxygen atoms in total. The predicted octanol–water partition coefficient (Wildman–Crippen LogP) is 0.507. The average Bonchev–Trinajstić information content (AvgIpc) is 1.95. The molecule has 0 amide bonds. The molecule has 2 heteroatoms. The normalized spacial score (nSPS) is 9.90. The van der Waals surface area contributed by atoms with Crippen molar-refractivity contribution in [2.75, 3.05) is 0 Å². The van der Waals surface area contributed by atoms with Crippen molar-refractivity contribution in [2.24, 2.45) is 5.40 Å². The van der Waals surface area contributed by atoms with Gasteiger partial charge in [0.05, 0.1) is 0 Å². The third-order valence-corrected chi connectivity index (χ3v) is 2.61.